The molecule has 0 saturated carbocycles. The molecule has 0 aliphatic carbocycles. The highest BCUT2D eigenvalue weighted by Gasteiger charge is 2.15. The molecule has 5 heteroatoms. The van der Waals surface area contributed by atoms with Crippen LogP contribution in [0.2, 0.25) is 0 Å². The predicted octanol–water partition coefficient (Wildman–Crippen LogP) is 13.0. The number of hydrogen-bond acceptors (Lipinski definition) is 5. The molecule has 1 unspecified atom stereocenters. The number of esters is 2. The molecular weight excluding hydrogens is 620 g/mol. The van der Waals surface area contributed by atoms with Crippen LogP contribution in [-0.4, -0.2) is 36.4 Å². The minimum Gasteiger partial charge on any atom is -0.462 e. The summed E-state index contributed by atoms with van der Waals surface area (Å²) in [5.74, 6) is -0.665. The first-order valence-corrected chi connectivity index (χ1v) is 20.5. The summed E-state index contributed by atoms with van der Waals surface area (Å²) >= 11 is 0. The Morgan fingerprint density at radius 3 is 1.38 bits per heavy atom. The molecule has 0 radical (unpaired) electrons. The Morgan fingerprint density at radius 1 is 0.480 bits per heavy atom. The van der Waals surface area contributed by atoms with Crippen molar-refractivity contribution < 1.29 is 24.2 Å². The Labute approximate surface area is 308 Å². The molecule has 0 rings (SSSR count). The number of unbranched alkanes of at least 4 members (excludes halogenated alkanes) is 16. The van der Waals surface area contributed by atoms with Gasteiger partial charge in [-0.2, -0.15) is 0 Å². The van der Waals surface area contributed by atoms with Gasteiger partial charge in [-0.15, -0.1) is 0 Å². The van der Waals surface area contributed by atoms with Gasteiger partial charge in [0.05, 0.1) is 6.61 Å². The number of allylic oxidation sites excluding steroid dienone is 12. The van der Waals surface area contributed by atoms with E-state index in [0.717, 1.165) is 57.8 Å². The number of aliphatic hydroxyl groups excluding tert-OH is 1. The molecule has 0 amide bonds. The van der Waals surface area contributed by atoms with E-state index in [1.807, 2.05) is 0 Å². The molecule has 1 atom stereocenters. The van der Waals surface area contributed by atoms with E-state index in [2.05, 4.69) is 86.8 Å². The molecule has 0 fully saturated rings. The van der Waals surface area contributed by atoms with Crippen molar-refractivity contribution in [2.45, 2.75) is 187 Å². The second-order valence-electron chi connectivity index (χ2n) is 13.3. The maximum Gasteiger partial charge on any atom is 0.306 e. The third-order valence-electron chi connectivity index (χ3n) is 8.48. The average Bonchev–Trinajstić information content (AvgIpc) is 3.12. The summed E-state index contributed by atoms with van der Waals surface area (Å²) < 4.78 is 10.6. The van der Waals surface area contributed by atoms with E-state index in [-0.39, 0.29) is 31.6 Å². The summed E-state index contributed by atoms with van der Waals surface area (Å²) in [7, 11) is 0. The lowest BCUT2D eigenvalue weighted by Gasteiger charge is -2.15. The van der Waals surface area contributed by atoms with Crippen molar-refractivity contribution in [2.75, 3.05) is 13.2 Å². The maximum atomic E-state index is 12.2. The maximum absolute atomic E-state index is 12.2. The summed E-state index contributed by atoms with van der Waals surface area (Å²) in [4.78, 5) is 24.3. The monoisotopic (exact) mass is 697 g/mol. The van der Waals surface area contributed by atoms with Crippen LogP contribution in [0.1, 0.15) is 181 Å². The van der Waals surface area contributed by atoms with Crippen molar-refractivity contribution in [2.24, 2.45) is 0 Å². The molecule has 0 spiro atoms. The van der Waals surface area contributed by atoms with Gasteiger partial charge in [0.15, 0.2) is 6.10 Å². The Hall–Kier alpha value is -2.66. The zero-order valence-corrected chi connectivity index (χ0v) is 32.4. The van der Waals surface area contributed by atoms with Gasteiger partial charge in [0, 0.05) is 12.8 Å². The first kappa shape index (κ1) is 47.3. The van der Waals surface area contributed by atoms with Crippen LogP contribution >= 0.6 is 0 Å². The quantitative estimate of drug-likeness (QED) is 0.0401. The highest BCUT2D eigenvalue weighted by molar-refractivity contribution is 5.70. The van der Waals surface area contributed by atoms with Crippen LogP contribution < -0.4 is 0 Å². The molecule has 0 aromatic rings. The van der Waals surface area contributed by atoms with Crippen molar-refractivity contribution in [1.29, 1.82) is 0 Å². The molecule has 0 saturated heterocycles. The predicted molar refractivity (Wildman–Crippen MR) is 214 cm³/mol. The summed E-state index contributed by atoms with van der Waals surface area (Å²) in [5, 5.41) is 9.55. The van der Waals surface area contributed by atoms with Gasteiger partial charge in [0.25, 0.3) is 0 Å². The molecule has 0 bridgehead atoms. The highest BCUT2D eigenvalue weighted by Crippen LogP contribution is 2.13. The van der Waals surface area contributed by atoms with Gasteiger partial charge in [-0.05, 0) is 77.0 Å². The number of carbonyl (C=O) groups is 2. The third-order valence-corrected chi connectivity index (χ3v) is 8.48. The zero-order valence-electron chi connectivity index (χ0n) is 32.4. The topological polar surface area (TPSA) is 72.8 Å². The van der Waals surface area contributed by atoms with Crippen LogP contribution in [0.5, 0.6) is 0 Å². The second-order valence-corrected chi connectivity index (χ2v) is 13.3. The van der Waals surface area contributed by atoms with E-state index >= 15 is 0 Å². The first-order valence-electron chi connectivity index (χ1n) is 20.5. The van der Waals surface area contributed by atoms with Gasteiger partial charge in [-0.1, -0.05) is 164 Å². The number of aliphatic hydroxyl groups is 1. The molecule has 1 N–H and O–H groups in total. The van der Waals surface area contributed by atoms with Crippen LogP contribution in [0.25, 0.3) is 0 Å². The fraction of sp³-hybridized carbons (Fsp3) is 0.689. The average molecular weight is 697 g/mol. The number of hydrogen-bond donors (Lipinski definition) is 1. The van der Waals surface area contributed by atoms with E-state index in [1.54, 1.807) is 0 Å². The molecule has 50 heavy (non-hydrogen) atoms. The molecular formula is C45H76O5. The molecule has 0 heterocycles. The van der Waals surface area contributed by atoms with Gasteiger partial charge in [-0.25, -0.2) is 0 Å². The van der Waals surface area contributed by atoms with Crippen molar-refractivity contribution in [3.63, 3.8) is 0 Å². The van der Waals surface area contributed by atoms with Crippen LogP contribution in [0.15, 0.2) is 72.9 Å². The standard InChI is InChI=1S/C45H76O5/c1-3-5-7-9-11-13-15-17-19-21-22-24-25-27-29-31-33-35-37-39-44(47)49-42-43(41-46)50-45(48)40-38-36-34-32-30-28-26-23-20-18-16-14-12-10-8-6-4-2/h6,8,12,14,17-20,26,28,32,34,43,46H,3-5,7,9-11,13,15-16,21-25,27,29-31,33,35-42H2,1-2H3. The number of rotatable bonds is 36. The smallest absolute Gasteiger partial charge is 0.306 e. The molecule has 0 aromatic carbocycles. The van der Waals surface area contributed by atoms with Crippen LogP contribution in [0.3, 0.4) is 0 Å². The lowest BCUT2D eigenvalue weighted by Crippen LogP contribution is -2.28. The van der Waals surface area contributed by atoms with Crippen LogP contribution in [0, 0.1) is 0 Å². The van der Waals surface area contributed by atoms with E-state index in [0.29, 0.717) is 12.8 Å². The Kier molecular flexibility index (Phi) is 38.6. The Balaban J connectivity index is 3.65. The molecule has 0 aromatic heterocycles. The number of carbonyl (C=O) groups excluding carboxylic acids is 2. The molecule has 286 valence electrons. The van der Waals surface area contributed by atoms with Gasteiger partial charge in [0.1, 0.15) is 6.61 Å². The van der Waals surface area contributed by atoms with Crippen LogP contribution in [0.4, 0.5) is 0 Å². The van der Waals surface area contributed by atoms with E-state index in [4.69, 9.17) is 9.47 Å². The zero-order chi connectivity index (χ0) is 36.4. The van der Waals surface area contributed by atoms with Gasteiger partial charge < -0.3 is 14.6 Å². The summed E-state index contributed by atoms with van der Waals surface area (Å²) in [6.45, 7) is 3.96. The fourth-order valence-electron chi connectivity index (χ4n) is 5.41. The minimum atomic E-state index is -0.804. The molecule has 5 nitrogen and oxygen atoms in total. The summed E-state index contributed by atoms with van der Waals surface area (Å²) in [6, 6.07) is 0. The van der Waals surface area contributed by atoms with Crippen molar-refractivity contribution >= 4 is 11.9 Å². The number of ether oxygens (including phenoxy) is 2. The van der Waals surface area contributed by atoms with Crippen molar-refractivity contribution in [3.05, 3.63) is 72.9 Å². The van der Waals surface area contributed by atoms with Gasteiger partial charge in [0.2, 0.25) is 0 Å². The first-order chi connectivity index (χ1) is 24.6. The van der Waals surface area contributed by atoms with Gasteiger partial charge >= 0.3 is 11.9 Å². The van der Waals surface area contributed by atoms with E-state index in [9.17, 15) is 14.7 Å². The Bertz CT molecular complexity index is 926. The SMILES string of the molecule is CCC=CCC=CCC=CCC=CCC=CCCCC(=O)OC(CO)COC(=O)CCCCCCCCCCCC=CCCCCCCCC. The highest BCUT2D eigenvalue weighted by atomic mass is 16.6. The van der Waals surface area contributed by atoms with Crippen molar-refractivity contribution in [3.8, 4) is 0 Å². The van der Waals surface area contributed by atoms with Gasteiger partial charge in [-0.3, -0.25) is 9.59 Å². The minimum absolute atomic E-state index is 0.0925. The normalized spacial score (nSPS) is 12.9. The van der Waals surface area contributed by atoms with Crippen LogP contribution in [-0.2, 0) is 19.1 Å². The van der Waals surface area contributed by atoms with E-state index in [1.165, 1.54) is 89.9 Å². The third kappa shape index (κ3) is 38.1. The second kappa shape index (κ2) is 40.8. The lowest BCUT2D eigenvalue weighted by atomic mass is 10.1. The van der Waals surface area contributed by atoms with E-state index < -0.39 is 6.10 Å². The molecule has 0 aliphatic rings. The largest absolute Gasteiger partial charge is 0.462 e. The summed E-state index contributed by atoms with van der Waals surface area (Å²) in [5.41, 5.74) is 0. The molecule has 0 aliphatic heterocycles. The summed E-state index contributed by atoms with van der Waals surface area (Å²) in [6.07, 6.45) is 54.0. The van der Waals surface area contributed by atoms with Crippen molar-refractivity contribution in [1.82, 2.24) is 0 Å². The Morgan fingerprint density at radius 2 is 0.880 bits per heavy atom. The lowest BCUT2D eigenvalue weighted by molar-refractivity contribution is -0.161. The fourth-order valence-corrected chi connectivity index (χ4v) is 5.41.